The average molecular weight is 289 g/mol. The monoisotopic (exact) mass is 289 g/mol. The highest BCUT2D eigenvalue weighted by Gasteiger charge is 2.13. The molecule has 0 aliphatic heterocycles. The van der Waals surface area contributed by atoms with Crippen LogP contribution in [-0.4, -0.2) is 8.42 Å². The largest absolute Gasteiger partial charge is 0.280 e. The third-order valence-electron chi connectivity index (χ3n) is 3.04. The first-order valence-corrected chi connectivity index (χ1v) is 8.18. The predicted octanol–water partition coefficient (Wildman–Crippen LogP) is 3.75. The van der Waals surface area contributed by atoms with Crippen LogP contribution in [0.2, 0.25) is 0 Å². The fraction of sp³-hybridized carbons (Fsp3) is 0.250. The molecule has 0 radical (unpaired) electrons. The van der Waals surface area contributed by atoms with Crippen LogP contribution in [0.4, 0.5) is 5.69 Å². The normalized spacial score (nSPS) is 11.3. The maximum Gasteiger partial charge on any atom is 0.261 e. The third kappa shape index (κ3) is 3.61. The first-order valence-electron chi connectivity index (χ1n) is 6.69. The van der Waals surface area contributed by atoms with Gasteiger partial charge in [0.25, 0.3) is 10.0 Å². The van der Waals surface area contributed by atoms with Crippen molar-refractivity contribution in [2.24, 2.45) is 0 Å². The van der Waals surface area contributed by atoms with E-state index in [1.807, 2.05) is 37.3 Å². The van der Waals surface area contributed by atoms with E-state index in [1.54, 1.807) is 18.2 Å². The van der Waals surface area contributed by atoms with Gasteiger partial charge in [-0.15, -0.1) is 0 Å². The van der Waals surface area contributed by atoms with Gasteiger partial charge in [-0.2, -0.15) is 0 Å². The quantitative estimate of drug-likeness (QED) is 0.911. The molecule has 0 atom stereocenters. The van der Waals surface area contributed by atoms with Crippen LogP contribution in [0.3, 0.4) is 0 Å². The van der Waals surface area contributed by atoms with Crippen molar-refractivity contribution in [2.75, 3.05) is 4.72 Å². The van der Waals surface area contributed by atoms with Crippen molar-refractivity contribution < 1.29 is 8.42 Å². The number of sulfonamides is 1. The second-order valence-electron chi connectivity index (χ2n) is 4.87. The lowest BCUT2D eigenvalue weighted by molar-refractivity contribution is 0.601. The fourth-order valence-electron chi connectivity index (χ4n) is 2.05. The van der Waals surface area contributed by atoms with Crippen LogP contribution in [0, 0.1) is 6.92 Å². The van der Waals surface area contributed by atoms with E-state index in [0.717, 1.165) is 24.0 Å². The predicted molar refractivity (Wildman–Crippen MR) is 82.4 cm³/mol. The molecule has 0 aromatic heterocycles. The van der Waals surface area contributed by atoms with Gasteiger partial charge in [-0.25, -0.2) is 8.42 Å². The van der Waals surface area contributed by atoms with Gasteiger partial charge >= 0.3 is 0 Å². The summed E-state index contributed by atoms with van der Waals surface area (Å²) < 4.78 is 27.1. The summed E-state index contributed by atoms with van der Waals surface area (Å²) in [5.41, 5.74) is 2.76. The summed E-state index contributed by atoms with van der Waals surface area (Å²) in [6, 6.07) is 14.4. The Kier molecular flexibility index (Phi) is 4.45. The van der Waals surface area contributed by atoms with Crippen LogP contribution in [0.15, 0.2) is 53.4 Å². The molecule has 0 aliphatic rings. The molecular formula is C16H19NO2S. The number of hydrogen-bond donors (Lipinski definition) is 1. The molecule has 0 fully saturated rings. The van der Waals surface area contributed by atoms with Gasteiger partial charge < -0.3 is 0 Å². The Morgan fingerprint density at radius 1 is 1.05 bits per heavy atom. The molecule has 0 saturated carbocycles. The second-order valence-corrected chi connectivity index (χ2v) is 6.55. The van der Waals surface area contributed by atoms with E-state index in [9.17, 15) is 8.42 Å². The summed E-state index contributed by atoms with van der Waals surface area (Å²) in [7, 11) is -3.51. The van der Waals surface area contributed by atoms with Crippen molar-refractivity contribution >= 4 is 15.7 Å². The first-order chi connectivity index (χ1) is 9.51. The molecule has 2 rings (SSSR count). The Bertz CT molecular complexity index is 676. The maximum atomic E-state index is 12.3. The van der Waals surface area contributed by atoms with Crippen molar-refractivity contribution in [3.63, 3.8) is 0 Å². The Balaban J connectivity index is 2.21. The summed E-state index contributed by atoms with van der Waals surface area (Å²) in [6.07, 6.45) is 2.01. The maximum absolute atomic E-state index is 12.3. The number of rotatable bonds is 5. The number of nitrogens with one attached hydrogen (secondary N) is 1. The minimum Gasteiger partial charge on any atom is -0.280 e. The van der Waals surface area contributed by atoms with Gasteiger partial charge in [0.15, 0.2) is 0 Å². The highest BCUT2D eigenvalue weighted by Crippen LogP contribution is 2.17. The van der Waals surface area contributed by atoms with Gasteiger partial charge in [-0.05, 0) is 48.7 Å². The van der Waals surface area contributed by atoms with E-state index in [4.69, 9.17) is 0 Å². The SMILES string of the molecule is CCCc1ccc(S(=O)(=O)Nc2cccc(C)c2)cc1. The lowest BCUT2D eigenvalue weighted by atomic mass is 10.1. The van der Waals surface area contributed by atoms with E-state index in [2.05, 4.69) is 11.6 Å². The van der Waals surface area contributed by atoms with Crippen molar-refractivity contribution in [1.29, 1.82) is 0 Å². The summed E-state index contributed by atoms with van der Waals surface area (Å²) in [5, 5.41) is 0. The average Bonchev–Trinajstić information content (AvgIpc) is 2.39. The van der Waals surface area contributed by atoms with E-state index < -0.39 is 10.0 Å². The number of benzene rings is 2. The topological polar surface area (TPSA) is 46.2 Å². The molecule has 3 nitrogen and oxygen atoms in total. The molecule has 0 bridgehead atoms. The van der Waals surface area contributed by atoms with Crippen LogP contribution in [0.1, 0.15) is 24.5 Å². The van der Waals surface area contributed by atoms with Crippen LogP contribution in [0.5, 0.6) is 0 Å². The smallest absolute Gasteiger partial charge is 0.261 e. The lowest BCUT2D eigenvalue weighted by Crippen LogP contribution is -2.13. The van der Waals surface area contributed by atoms with Crippen LogP contribution in [-0.2, 0) is 16.4 Å². The Labute approximate surface area is 120 Å². The number of aryl methyl sites for hydroxylation is 2. The molecule has 106 valence electrons. The molecule has 0 heterocycles. The Hall–Kier alpha value is -1.81. The molecule has 0 aliphatic carbocycles. The Morgan fingerprint density at radius 2 is 1.75 bits per heavy atom. The molecule has 20 heavy (non-hydrogen) atoms. The van der Waals surface area contributed by atoms with E-state index >= 15 is 0 Å². The van der Waals surface area contributed by atoms with Crippen LogP contribution < -0.4 is 4.72 Å². The first kappa shape index (κ1) is 14.6. The van der Waals surface area contributed by atoms with Crippen LogP contribution >= 0.6 is 0 Å². The van der Waals surface area contributed by atoms with Crippen LogP contribution in [0.25, 0.3) is 0 Å². The van der Waals surface area contributed by atoms with E-state index in [-0.39, 0.29) is 0 Å². The molecular weight excluding hydrogens is 270 g/mol. The van der Waals surface area contributed by atoms with Gasteiger partial charge in [0.05, 0.1) is 4.90 Å². The summed E-state index contributed by atoms with van der Waals surface area (Å²) in [6.45, 7) is 4.03. The van der Waals surface area contributed by atoms with Crippen molar-refractivity contribution in [3.8, 4) is 0 Å². The molecule has 0 amide bonds. The number of anilines is 1. The lowest BCUT2D eigenvalue weighted by Gasteiger charge is -2.09. The summed E-state index contributed by atoms with van der Waals surface area (Å²) in [5.74, 6) is 0. The molecule has 2 aromatic carbocycles. The molecule has 0 spiro atoms. The van der Waals surface area contributed by atoms with Crippen molar-refractivity contribution in [3.05, 3.63) is 59.7 Å². The van der Waals surface area contributed by atoms with Gasteiger partial charge in [0, 0.05) is 5.69 Å². The molecule has 2 aromatic rings. The molecule has 0 unspecified atom stereocenters. The molecule has 1 N–H and O–H groups in total. The highest BCUT2D eigenvalue weighted by atomic mass is 32.2. The fourth-order valence-corrected chi connectivity index (χ4v) is 3.10. The zero-order chi connectivity index (χ0) is 14.6. The van der Waals surface area contributed by atoms with E-state index in [0.29, 0.717) is 10.6 Å². The minimum atomic E-state index is -3.51. The zero-order valence-corrected chi connectivity index (χ0v) is 12.6. The van der Waals surface area contributed by atoms with Gasteiger partial charge in [0.1, 0.15) is 0 Å². The van der Waals surface area contributed by atoms with Gasteiger partial charge in [-0.3, -0.25) is 4.72 Å². The van der Waals surface area contributed by atoms with Crippen molar-refractivity contribution in [2.45, 2.75) is 31.6 Å². The third-order valence-corrected chi connectivity index (χ3v) is 4.44. The second kappa shape index (κ2) is 6.09. The van der Waals surface area contributed by atoms with Gasteiger partial charge in [-0.1, -0.05) is 37.6 Å². The van der Waals surface area contributed by atoms with Crippen molar-refractivity contribution in [1.82, 2.24) is 0 Å². The summed E-state index contributed by atoms with van der Waals surface area (Å²) in [4.78, 5) is 0.291. The number of hydrogen-bond acceptors (Lipinski definition) is 2. The molecule has 4 heteroatoms. The minimum absolute atomic E-state index is 0.291. The highest BCUT2D eigenvalue weighted by molar-refractivity contribution is 7.92. The zero-order valence-electron chi connectivity index (χ0n) is 11.8. The summed E-state index contributed by atoms with van der Waals surface area (Å²) >= 11 is 0. The molecule has 0 saturated heterocycles. The van der Waals surface area contributed by atoms with E-state index in [1.165, 1.54) is 0 Å². The van der Waals surface area contributed by atoms with Gasteiger partial charge in [0.2, 0.25) is 0 Å². The standard InChI is InChI=1S/C16H19NO2S/c1-3-5-14-8-10-16(11-9-14)20(18,19)17-15-7-4-6-13(2)12-15/h4,6-12,17H,3,5H2,1-2H3. The Morgan fingerprint density at radius 3 is 2.35 bits per heavy atom.